The summed E-state index contributed by atoms with van der Waals surface area (Å²) in [6.45, 7) is 9.34. The molecule has 0 aliphatic carbocycles. The molecule has 0 aromatic rings. The number of rotatable bonds is 14. The molecule has 17 heavy (non-hydrogen) atoms. The van der Waals surface area contributed by atoms with Gasteiger partial charge in [0.05, 0.1) is 0 Å². The maximum Gasteiger partial charge on any atom is -0.00489 e. The van der Waals surface area contributed by atoms with Gasteiger partial charge in [0.2, 0.25) is 0 Å². The third-order valence-corrected chi connectivity index (χ3v) is 3.12. The van der Waals surface area contributed by atoms with Crippen molar-refractivity contribution in [1.29, 1.82) is 0 Å². The number of hydrogen-bond acceptors (Lipinski definition) is 2. The standard InChI is InChI=1S/C15H34N2/c1-3-5-7-9-13-17-15-11-8-10-14-16-12-6-4-2/h16-17H,3-15H2,1-2H3. The Morgan fingerprint density at radius 3 is 1.35 bits per heavy atom. The third kappa shape index (κ3) is 15.9. The van der Waals surface area contributed by atoms with Gasteiger partial charge in [0, 0.05) is 0 Å². The average Bonchev–Trinajstić information content (AvgIpc) is 2.35. The zero-order valence-corrected chi connectivity index (χ0v) is 12.2. The van der Waals surface area contributed by atoms with Gasteiger partial charge in [0.1, 0.15) is 0 Å². The molecule has 0 atom stereocenters. The molecule has 104 valence electrons. The minimum atomic E-state index is 1.20. The lowest BCUT2D eigenvalue weighted by molar-refractivity contribution is 0.548. The van der Waals surface area contributed by atoms with Crippen molar-refractivity contribution in [3.05, 3.63) is 0 Å². The zero-order valence-electron chi connectivity index (χ0n) is 12.2. The molecule has 0 saturated heterocycles. The van der Waals surface area contributed by atoms with Gasteiger partial charge in [-0.2, -0.15) is 0 Å². The molecule has 2 nitrogen and oxygen atoms in total. The van der Waals surface area contributed by atoms with Crippen LogP contribution in [0.5, 0.6) is 0 Å². The molecule has 2 N–H and O–H groups in total. The van der Waals surface area contributed by atoms with E-state index in [1.807, 2.05) is 0 Å². The summed E-state index contributed by atoms with van der Waals surface area (Å²) in [6, 6.07) is 0. The van der Waals surface area contributed by atoms with Crippen molar-refractivity contribution in [3.63, 3.8) is 0 Å². The molecule has 2 heteroatoms. The first-order valence-corrected chi connectivity index (χ1v) is 7.83. The number of hydrogen-bond donors (Lipinski definition) is 2. The molecule has 0 bridgehead atoms. The summed E-state index contributed by atoms with van der Waals surface area (Å²) in [5.74, 6) is 0. The number of unbranched alkanes of at least 4 members (excludes halogenated alkanes) is 6. The van der Waals surface area contributed by atoms with Gasteiger partial charge in [-0.05, 0) is 51.9 Å². The third-order valence-electron chi connectivity index (χ3n) is 3.12. The molecule has 0 amide bonds. The van der Waals surface area contributed by atoms with Crippen molar-refractivity contribution in [2.75, 3.05) is 26.2 Å². The fourth-order valence-electron chi connectivity index (χ4n) is 1.91. The Hall–Kier alpha value is -0.0800. The second kappa shape index (κ2) is 15.9. The lowest BCUT2D eigenvalue weighted by Crippen LogP contribution is -2.18. The fourth-order valence-corrected chi connectivity index (χ4v) is 1.91. The monoisotopic (exact) mass is 242 g/mol. The second-order valence-electron chi connectivity index (χ2n) is 4.97. The van der Waals surface area contributed by atoms with Crippen LogP contribution in [-0.2, 0) is 0 Å². The van der Waals surface area contributed by atoms with Crippen molar-refractivity contribution in [2.45, 2.75) is 71.6 Å². The number of nitrogens with one attached hydrogen (secondary N) is 2. The van der Waals surface area contributed by atoms with Crippen molar-refractivity contribution in [2.24, 2.45) is 0 Å². The minimum Gasteiger partial charge on any atom is -0.317 e. The van der Waals surface area contributed by atoms with E-state index in [-0.39, 0.29) is 0 Å². The average molecular weight is 242 g/mol. The lowest BCUT2D eigenvalue weighted by Gasteiger charge is -2.05. The SMILES string of the molecule is CCCCCCNCCCCCNCCCC. The van der Waals surface area contributed by atoms with E-state index in [1.165, 1.54) is 84.0 Å². The first-order valence-electron chi connectivity index (χ1n) is 7.83. The summed E-state index contributed by atoms with van der Waals surface area (Å²) >= 11 is 0. The summed E-state index contributed by atoms with van der Waals surface area (Å²) in [6.07, 6.45) is 12.1. The highest BCUT2D eigenvalue weighted by molar-refractivity contribution is 4.52. The van der Waals surface area contributed by atoms with Crippen LogP contribution in [0.1, 0.15) is 71.6 Å². The predicted molar refractivity (Wildman–Crippen MR) is 78.6 cm³/mol. The van der Waals surface area contributed by atoms with Gasteiger partial charge >= 0.3 is 0 Å². The van der Waals surface area contributed by atoms with Crippen LogP contribution in [0, 0.1) is 0 Å². The summed E-state index contributed by atoms with van der Waals surface area (Å²) in [4.78, 5) is 0. The highest BCUT2D eigenvalue weighted by atomic mass is 14.8. The molecule has 0 rings (SSSR count). The van der Waals surface area contributed by atoms with Crippen molar-refractivity contribution in [3.8, 4) is 0 Å². The van der Waals surface area contributed by atoms with E-state index in [4.69, 9.17) is 0 Å². The van der Waals surface area contributed by atoms with Crippen LogP contribution in [0.25, 0.3) is 0 Å². The van der Waals surface area contributed by atoms with Gasteiger partial charge in [-0.3, -0.25) is 0 Å². The van der Waals surface area contributed by atoms with Gasteiger partial charge in [-0.15, -0.1) is 0 Å². The summed E-state index contributed by atoms with van der Waals surface area (Å²) in [5.41, 5.74) is 0. The fraction of sp³-hybridized carbons (Fsp3) is 1.00. The normalized spacial score (nSPS) is 10.9. The minimum absolute atomic E-state index is 1.20. The van der Waals surface area contributed by atoms with E-state index in [0.29, 0.717) is 0 Å². The van der Waals surface area contributed by atoms with Gasteiger partial charge in [0.25, 0.3) is 0 Å². The molecule has 0 aliphatic rings. The lowest BCUT2D eigenvalue weighted by atomic mass is 10.2. The molecule has 0 saturated carbocycles. The van der Waals surface area contributed by atoms with Crippen molar-refractivity contribution in [1.82, 2.24) is 10.6 Å². The molecule has 0 fully saturated rings. The van der Waals surface area contributed by atoms with Crippen molar-refractivity contribution >= 4 is 0 Å². The maximum atomic E-state index is 3.54. The van der Waals surface area contributed by atoms with Gasteiger partial charge in [-0.1, -0.05) is 46.0 Å². The van der Waals surface area contributed by atoms with Crippen LogP contribution in [-0.4, -0.2) is 26.2 Å². The highest BCUT2D eigenvalue weighted by Gasteiger charge is 1.91. The Morgan fingerprint density at radius 2 is 0.882 bits per heavy atom. The van der Waals surface area contributed by atoms with Gasteiger partial charge in [0.15, 0.2) is 0 Å². The van der Waals surface area contributed by atoms with Crippen LogP contribution in [0.15, 0.2) is 0 Å². The molecular weight excluding hydrogens is 208 g/mol. The molecule has 0 aromatic heterocycles. The van der Waals surface area contributed by atoms with Crippen LogP contribution < -0.4 is 10.6 Å². The van der Waals surface area contributed by atoms with E-state index in [2.05, 4.69) is 24.5 Å². The van der Waals surface area contributed by atoms with Crippen LogP contribution >= 0.6 is 0 Å². The predicted octanol–water partition coefficient (Wildman–Crippen LogP) is 3.72. The first kappa shape index (κ1) is 16.9. The molecular formula is C15H34N2. The second-order valence-corrected chi connectivity index (χ2v) is 4.97. The Balaban J connectivity index is 2.85. The van der Waals surface area contributed by atoms with Crippen LogP contribution in [0.2, 0.25) is 0 Å². The summed E-state index contributed by atoms with van der Waals surface area (Å²) in [5, 5.41) is 7.03. The Morgan fingerprint density at radius 1 is 0.471 bits per heavy atom. The van der Waals surface area contributed by atoms with Crippen molar-refractivity contribution < 1.29 is 0 Å². The van der Waals surface area contributed by atoms with Gasteiger partial charge < -0.3 is 10.6 Å². The molecule has 0 radical (unpaired) electrons. The van der Waals surface area contributed by atoms with E-state index >= 15 is 0 Å². The van der Waals surface area contributed by atoms with E-state index in [1.54, 1.807) is 0 Å². The van der Waals surface area contributed by atoms with E-state index in [9.17, 15) is 0 Å². The Labute approximate surface area is 109 Å². The first-order chi connectivity index (χ1) is 8.41. The maximum absolute atomic E-state index is 3.54. The summed E-state index contributed by atoms with van der Waals surface area (Å²) < 4.78 is 0. The van der Waals surface area contributed by atoms with E-state index < -0.39 is 0 Å². The molecule has 0 heterocycles. The van der Waals surface area contributed by atoms with E-state index in [0.717, 1.165) is 0 Å². The Kier molecular flexibility index (Phi) is 15.8. The topological polar surface area (TPSA) is 24.1 Å². The zero-order chi connectivity index (χ0) is 12.6. The summed E-state index contributed by atoms with van der Waals surface area (Å²) in [7, 11) is 0. The smallest absolute Gasteiger partial charge is 0.00489 e. The molecule has 0 aromatic carbocycles. The molecule has 0 spiro atoms. The largest absolute Gasteiger partial charge is 0.317 e. The highest BCUT2D eigenvalue weighted by Crippen LogP contribution is 1.97. The quantitative estimate of drug-likeness (QED) is 0.454. The van der Waals surface area contributed by atoms with Gasteiger partial charge in [-0.25, -0.2) is 0 Å². The molecule has 0 unspecified atom stereocenters. The Bertz CT molecular complexity index is 112. The van der Waals surface area contributed by atoms with Crippen LogP contribution in [0.4, 0.5) is 0 Å². The molecule has 0 aliphatic heterocycles. The van der Waals surface area contributed by atoms with Crippen LogP contribution in [0.3, 0.4) is 0 Å².